The second kappa shape index (κ2) is 5.45. The Hall–Kier alpha value is -1.47. The Balaban J connectivity index is 2.16. The lowest BCUT2D eigenvalue weighted by Gasteiger charge is -2.03. The molecule has 0 bridgehead atoms. The van der Waals surface area contributed by atoms with E-state index in [0.29, 0.717) is 16.4 Å². The Morgan fingerprint density at radius 1 is 1.44 bits per heavy atom. The number of aryl methyl sites for hydroxylation is 1. The minimum atomic E-state index is -0.248. The summed E-state index contributed by atoms with van der Waals surface area (Å²) in [6.07, 6.45) is 0.803. The summed E-state index contributed by atoms with van der Waals surface area (Å²) in [7, 11) is 0. The quantitative estimate of drug-likeness (QED) is 0.850. The number of benzene rings is 1. The normalized spacial score (nSPS) is 10.3. The first-order chi connectivity index (χ1) is 8.58. The first-order valence-corrected chi connectivity index (χ1v) is 6.89. The standard InChI is InChI=1S/C11H11BrN4OS/c1-2-9-15-16-11(18-9)14-10(17)6-3-7(12)5-8(13)4-6/h3-5H,2,13H2,1H3,(H,14,16,17). The molecule has 0 radical (unpaired) electrons. The van der Waals surface area contributed by atoms with Crippen LogP contribution in [-0.4, -0.2) is 16.1 Å². The summed E-state index contributed by atoms with van der Waals surface area (Å²) >= 11 is 4.66. The number of hydrogen-bond acceptors (Lipinski definition) is 5. The molecule has 0 aliphatic heterocycles. The van der Waals surface area contributed by atoms with Gasteiger partial charge in [-0.25, -0.2) is 0 Å². The third-order valence-corrected chi connectivity index (χ3v) is 3.61. The molecule has 0 unspecified atom stereocenters. The van der Waals surface area contributed by atoms with E-state index < -0.39 is 0 Å². The van der Waals surface area contributed by atoms with Crippen LogP contribution in [-0.2, 0) is 6.42 Å². The van der Waals surface area contributed by atoms with Gasteiger partial charge in [-0.15, -0.1) is 10.2 Å². The van der Waals surface area contributed by atoms with E-state index in [1.165, 1.54) is 11.3 Å². The largest absolute Gasteiger partial charge is 0.399 e. The van der Waals surface area contributed by atoms with Crippen molar-refractivity contribution in [2.75, 3.05) is 11.1 Å². The first kappa shape index (κ1) is 13.0. The molecular weight excluding hydrogens is 316 g/mol. The highest BCUT2D eigenvalue weighted by Gasteiger charge is 2.10. The monoisotopic (exact) mass is 326 g/mol. The zero-order valence-corrected chi connectivity index (χ0v) is 12.0. The summed E-state index contributed by atoms with van der Waals surface area (Å²) in [4.78, 5) is 12.0. The van der Waals surface area contributed by atoms with Gasteiger partial charge in [-0.1, -0.05) is 34.2 Å². The molecule has 0 fully saturated rings. The number of carbonyl (C=O) groups is 1. The molecule has 0 saturated carbocycles. The molecule has 18 heavy (non-hydrogen) atoms. The van der Waals surface area contributed by atoms with Crippen LogP contribution in [0.15, 0.2) is 22.7 Å². The maximum absolute atomic E-state index is 12.0. The van der Waals surface area contributed by atoms with E-state index in [4.69, 9.17) is 5.73 Å². The number of halogens is 1. The summed E-state index contributed by atoms with van der Waals surface area (Å²) in [6.45, 7) is 1.99. The van der Waals surface area contributed by atoms with Gasteiger partial charge in [-0.3, -0.25) is 10.1 Å². The summed E-state index contributed by atoms with van der Waals surface area (Å²) in [5.41, 5.74) is 6.69. The zero-order valence-electron chi connectivity index (χ0n) is 9.61. The molecule has 0 atom stereocenters. The van der Waals surface area contributed by atoms with Crippen LogP contribution in [0.25, 0.3) is 0 Å². The molecule has 5 nitrogen and oxygen atoms in total. The lowest BCUT2D eigenvalue weighted by molar-refractivity contribution is 0.102. The van der Waals surface area contributed by atoms with Crippen molar-refractivity contribution in [3.63, 3.8) is 0 Å². The van der Waals surface area contributed by atoms with Crippen LogP contribution in [0.5, 0.6) is 0 Å². The SMILES string of the molecule is CCc1nnc(NC(=O)c2cc(N)cc(Br)c2)s1. The predicted molar refractivity (Wildman–Crippen MR) is 75.8 cm³/mol. The average Bonchev–Trinajstić information content (AvgIpc) is 2.75. The molecule has 1 amide bonds. The van der Waals surface area contributed by atoms with Gasteiger partial charge < -0.3 is 5.73 Å². The number of aromatic nitrogens is 2. The van der Waals surface area contributed by atoms with Gasteiger partial charge in [0.1, 0.15) is 5.01 Å². The molecule has 94 valence electrons. The number of hydrogen-bond donors (Lipinski definition) is 2. The Labute approximate surface area is 117 Å². The number of nitrogens with two attached hydrogens (primary N) is 1. The summed E-state index contributed by atoms with van der Waals surface area (Å²) in [5, 5.41) is 11.9. The minimum absolute atomic E-state index is 0.248. The maximum Gasteiger partial charge on any atom is 0.257 e. The molecule has 0 aliphatic carbocycles. The number of amides is 1. The first-order valence-electron chi connectivity index (χ1n) is 5.28. The van der Waals surface area contributed by atoms with Crippen molar-refractivity contribution in [1.82, 2.24) is 10.2 Å². The van der Waals surface area contributed by atoms with Gasteiger partial charge in [-0.2, -0.15) is 0 Å². The van der Waals surface area contributed by atoms with Gasteiger partial charge in [-0.05, 0) is 24.6 Å². The molecule has 0 spiro atoms. The predicted octanol–water partition coefficient (Wildman–Crippen LogP) is 2.70. The second-order valence-electron chi connectivity index (χ2n) is 3.58. The zero-order chi connectivity index (χ0) is 13.1. The molecule has 2 rings (SSSR count). The van der Waals surface area contributed by atoms with Gasteiger partial charge in [0.05, 0.1) is 0 Å². The molecular formula is C11H11BrN4OS. The molecule has 3 N–H and O–H groups in total. The molecule has 0 saturated heterocycles. The van der Waals surface area contributed by atoms with E-state index in [9.17, 15) is 4.79 Å². The highest BCUT2D eigenvalue weighted by Crippen LogP contribution is 2.20. The van der Waals surface area contributed by atoms with Crippen molar-refractivity contribution in [3.05, 3.63) is 33.2 Å². The average molecular weight is 327 g/mol. The Morgan fingerprint density at radius 3 is 2.83 bits per heavy atom. The topological polar surface area (TPSA) is 80.9 Å². The van der Waals surface area contributed by atoms with Gasteiger partial charge in [0.2, 0.25) is 5.13 Å². The van der Waals surface area contributed by atoms with Crippen molar-refractivity contribution in [1.29, 1.82) is 0 Å². The molecule has 1 aromatic heterocycles. The third-order valence-electron chi connectivity index (χ3n) is 2.17. The van der Waals surface area contributed by atoms with Crippen molar-refractivity contribution in [2.45, 2.75) is 13.3 Å². The van der Waals surface area contributed by atoms with Crippen molar-refractivity contribution >= 4 is 44.0 Å². The van der Waals surface area contributed by atoms with E-state index in [1.54, 1.807) is 18.2 Å². The molecule has 0 aliphatic rings. The van der Waals surface area contributed by atoms with E-state index in [-0.39, 0.29) is 5.91 Å². The fourth-order valence-electron chi connectivity index (χ4n) is 1.36. The molecule has 2 aromatic rings. The van der Waals surface area contributed by atoms with Crippen LogP contribution in [0.1, 0.15) is 22.3 Å². The fourth-order valence-corrected chi connectivity index (χ4v) is 2.55. The number of carbonyl (C=O) groups excluding carboxylic acids is 1. The number of nitrogens with one attached hydrogen (secondary N) is 1. The molecule has 7 heteroatoms. The van der Waals surface area contributed by atoms with Gasteiger partial charge in [0, 0.05) is 15.7 Å². The van der Waals surface area contributed by atoms with Crippen LogP contribution in [0.3, 0.4) is 0 Å². The van der Waals surface area contributed by atoms with Crippen LogP contribution in [0.2, 0.25) is 0 Å². The molecule has 1 aromatic carbocycles. The van der Waals surface area contributed by atoms with E-state index in [0.717, 1.165) is 15.9 Å². The summed E-state index contributed by atoms with van der Waals surface area (Å²) in [6, 6.07) is 5.05. The van der Waals surface area contributed by atoms with Crippen LogP contribution in [0, 0.1) is 0 Å². The van der Waals surface area contributed by atoms with Crippen LogP contribution >= 0.6 is 27.3 Å². The van der Waals surface area contributed by atoms with Crippen molar-refractivity contribution < 1.29 is 4.79 Å². The number of rotatable bonds is 3. The summed E-state index contributed by atoms with van der Waals surface area (Å²) in [5.74, 6) is -0.248. The lowest BCUT2D eigenvalue weighted by atomic mass is 10.2. The Kier molecular flexibility index (Phi) is 3.93. The third kappa shape index (κ3) is 3.05. The minimum Gasteiger partial charge on any atom is -0.399 e. The molecule has 1 heterocycles. The van der Waals surface area contributed by atoms with Crippen LogP contribution in [0.4, 0.5) is 10.8 Å². The lowest BCUT2D eigenvalue weighted by Crippen LogP contribution is -2.12. The van der Waals surface area contributed by atoms with E-state index in [2.05, 4.69) is 31.4 Å². The maximum atomic E-state index is 12.0. The second-order valence-corrected chi connectivity index (χ2v) is 5.56. The Morgan fingerprint density at radius 2 is 2.22 bits per heavy atom. The van der Waals surface area contributed by atoms with Gasteiger partial charge in [0.15, 0.2) is 0 Å². The highest BCUT2D eigenvalue weighted by atomic mass is 79.9. The van der Waals surface area contributed by atoms with Gasteiger partial charge in [0.25, 0.3) is 5.91 Å². The number of anilines is 2. The van der Waals surface area contributed by atoms with Crippen molar-refractivity contribution in [2.24, 2.45) is 0 Å². The summed E-state index contributed by atoms with van der Waals surface area (Å²) < 4.78 is 0.763. The Bertz CT molecular complexity index is 564. The van der Waals surface area contributed by atoms with E-state index in [1.807, 2.05) is 6.92 Å². The van der Waals surface area contributed by atoms with Crippen LogP contribution < -0.4 is 11.1 Å². The van der Waals surface area contributed by atoms with Gasteiger partial charge >= 0.3 is 0 Å². The highest BCUT2D eigenvalue weighted by molar-refractivity contribution is 9.10. The smallest absolute Gasteiger partial charge is 0.257 e. The fraction of sp³-hybridized carbons (Fsp3) is 0.182. The van der Waals surface area contributed by atoms with E-state index >= 15 is 0 Å². The number of nitrogens with zero attached hydrogens (tertiary/aromatic N) is 2. The van der Waals surface area contributed by atoms with Crippen molar-refractivity contribution in [3.8, 4) is 0 Å². The number of nitrogen functional groups attached to an aromatic ring is 1.